The number of halogens is 2. The molecule has 0 amide bonds. The van der Waals surface area contributed by atoms with Gasteiger partial charge in [-0.3, -0.25) is 0 Å². The van der Waals surface area contributed by atoms with Gasteiger partial charge in [-0.05, 0) is 81.6 Å². The van der Waals surface area contributed by atoms with Gasteiger partial charge in [-0.25, -0.2) is 23.7 Å². The number of aromatic amines is 1. The van der Waals surface area contributed by atoms with Crippen LogP contribution in [0.25, 0.3) is 89.4 Å². The summed E-state index contributed by atoms with van der Waals surface area (Å²) in [7, 11) is 0. The number of aromatic nitrogens is 4. The Morgan fingerprint density at radius 2 is 0.849 bits per heavy atom. The molecular weight excluding hydrogens is 659 g/mol. The molecule has 8 bridgehead atoms. The van der Waals surface area contributed by atoms with Crippen molar-refractivity contribution in [1.29, 1.82) is 0 Å². The monoisotopic (exact) mass is 696 g/mol. The first-order chi connectivity index (χ1) is 25.3. The molecule has 0 saturated heterocycles. The first kappa shape index (κ1) is 32.9. The van der Waals surface area contributed by atoms with E-state index in [0.29, 0.717) is 22.5 Å². The van der Waals surface area contributed by atoms with E-state index < -0.39 is 11.6 Å². The number of hydrogen-bond donors (Lipinski definition) is 1. The molecule has 1 aliphatic rings. The molecule has 4 aromatic carbocycles. The highest BCUT2D eigenvalue weighted by atomic mass is 19.1. The topological polar surface area (TPSA) is 54.5 Å². The number of hydrogen-bond acceptors (Lipinski definition) is 3. The first-order valence-electron chi connectivity index (χ1n) is 18.0. The van der Waals surface area contributed by atoms with E-state index in [1.165, 1.54) is 0 Å². The predicted molar refractivity (Wildman–Crippen MR) is 213 cm³/mol. The summed E-state index contributed by atoms with van der Waals surface area (Å²) in [5.74, 6) is -0.998. The van der Waals surface area contributed by atoms with Gasteiger partial charge in [-0.15, -0.1) is 0 Å². The predicted octanol–water partition coefficient (Wildman–Crippen LogP) is 12.7. The highest BCUT2D eigenvalue weighted by Crippen LogP contribution is 2.45. The number of nitrogens with one attached hydrogen (secondary N) is 1. The summed E-state index contributed by atoms with van der Waals surface area (Å²) < 4.78 is 33.9. The number of pyridine rings is 3. The summed E-state index contributed by atoms with van der Waals surface area (Å²) in [6.07, 6.45) is 0. The third kappa shape index (κ3) is 5.43. The van der Waals surface area contributed by atoms with Gasteiger partial charge in [0, 0.05) is 33.0 Å². The Hall–Kier alpha value is -6.01. The second-order valence-electron chi connectivity index (χ2n) is 16.1. The van der Waals surface area contributed by atoms with Crippen LogP contribution in [-0.4, -0.2) is 19.9 Å². The SMILES string of the molecule is CC(C)(C)c1cc2c3[nH]c4c(cc(C(C)(C)C)cc4c3c1)-c1cc(-c3ccccc3)c(F)c(n1)-c1cccc(n1)-c1nc-2cc(-c2ccccc2)c1F. The van der Waals surface area contributed by atoms with Crippen LogP contribution in [-0.2, 0) is 10.8 Å². The molecule has 0 fully saturated rings. The van der Waals surface area contributed by atoms with E-state index in [4.69, 9.17) is 15.0 Å². The molecule has 0 atom stereocenters. The molecule has 53 heavy (non-hydrogen) atoms. The Kier molecular flexibility index (Phi) is 7.29. The van der Waals surface area contributed by atoms with Crippen LogP contribution in [0.15, 0.2) is 115 Å². The van der Waals surface area contributed by atoms with Crippen molar-refractivity contribution in [3.05, 3.63) is 138 Å². The maximum absolute atomic E-state index is 17.0. The van der Waals surface area contributed by atoms with Crippen molar-refractivity contribution in [2.45, 2.75) is 52.4 Å². The minimum atomic E-state index is -0.499. The van der Waals surface area contributed by atoms with Crippen LogP contribution >= 0.6 is 0 Å². The standard InChI is InChI=1S/C47H38F2N4/c1-46(2,3)28-20-32-33-21-29(47(4,5)6)23-35-39-25-31(27-16-11-8-12-17-27)41(49)45(52-39)37-19-13-18-36(50-37)44-40(48)30(26-14-9-7-10-15-26)24-38(51-44)34(22-28)42(32)53-43(33)35/h7-25,53H,1-6H3. The maximum atomic E-state index is 17.0. The number of nitrogens with zero attached hydrogens (tertiary/aromatic N) is 3. The Morgan fingerprint density at radius 3 is 1.25 bits per heavy atom. The molecule has 4 nitrogen and oxygen atoms in total. The molecule has 9 rings (SSSR count). The van der Waals surface area contributed by atoms with Crippen LogP contribution in [0.2, 0.25) is 0 Å². The average molecular weight is 697 g/mol. The Labute approximate surface area is 307 Å². The van der Waals surface area contributed by atoms with Crippen molar-refractivity contribution in [1.82, 2.24) is 19.9 Å². The molecule has 6 heteroatoms. The molecule has 260 valence electrons. The van der Waals surface area contributed by atoms with Gasteiger partial charge in [0.15, 0.2) is 11.6 Å². The van der Waals surface area contributed by atoms with Crippen molar-refractivity contribution in [3.63, 3.8) is 0 Å². The lowest BCUT2D eigenvalue weighted by Crippen LogP contribution is -2.11. The summed E-state index contributed by atoms with van der Waals surface area (Å²) in [5, 5.41) is 2.06. The summed E-state index contributed by atoms with van der Waals surface area (Å²) in [5.41, 5.74) is 9.52. The molecule has 0 unspecified atom stereocenters. The molecule has 8 aromatic rings. The summed E-state index contributed by atoms with van der Waals surface area (Å²) >= 11 is 0. The fourth-order valence-corrected chi connectivity index (χ4v) is 7.40. The molecule has 0 saturated carbocycles. The summed E-state index contributed by atoms with van der Waals surface area (Å²) in [4.78, 5) is 18.9. The number of rotatable bonds is 2. The molecule has 0 radical (unpaired) electrons. The number of H-pyrrole nitrogens is 1. The van der Waals surface area contributed by atoms with Crippen molar-refractivity contribution in [2.75, 3.05) is 0 Å². The van der Waals surface area contributed by atoms with Crippen molar-refractivity contribution in [2.24, 2.45) is 0 Å². The molecule has 0 aliphatic carbocycles. The van der Waals surface area contributed by atoms with Gasteiger partial charge in [0.25, 0.3) is 0 Å². The molecular formula is C47H38F2N4. The molecule has 1 N–H and O–H groups in total. The Morgan fingerprint density at radius 1 is 0.434 bits per heavy atom. The highest BCUT2D eigenvalue weighted by Gasteiger charge is 2.27. The molecule has 1 aliphatic heterocycles. The third-order valence-electron chi connectivity index (χ3n) is 10.4. The van der Waals surface area contributed by atoms with E-state index in [9.17, 15) is 0 Å². The largest absolute Gasteiger partial charge is 0.353 e. The molecule has 4 aromatic heterocycles. The quantitative estimate of drug-likeness (QED) is 0.196. The normalized spacial score (nSPS) is 12.5. The van der Waals surface area contributed by atoms with Gasteiger partial charge in [0.2, 0.25) is 0 Å². The lowest BCUT2D eigenvalue weighted by Gasteiger charge is -2.22. The zero-order chi connectivity index (χ0) is 36.8. The van der Waals surface area contributed by atoms with E-state index >= 15 is 8.78 Å². The number of benzene rings is 4. The van der Waals surface area contributed by atoms with Crippen molar-refractivity contribution >= 4 is 21.8 Å². The minimum Gasteiger partial charge on any atom is -0.353 e. The van der Waals surface area contributed by atoms with Crippen LogP contribution in [0.4, 0.5) is 8.78 Å². The second-order valence-corrected chi connectivity index (χ2v) is 16.1. The van der Waals surface area contributed by atoms with Crippen molar-refractivity contribution < 1.29 is 8.78 Å². The van der Waals surface area contributed by atoms with E-state index in [1.807, 2.05) is 72.8 Å². The van der Waals surface area contributed by atoms with Gasteiger partial charge >= 0.3 is 0 Å². The van der Waals surface area contributed by atoms with Crippen molar-refractivity contribution in [3.8, 4) is 67.5 Å². The third-order valence-corrected chi connectivity index (χ3v) is 10.4. The van der Waals surface area contributed by atoms with E-state index in [-0.39, 0.29) is 33.6 Å². The zero-order valence-corrected chi connectivity index (χ0v) is 30.6. The van der Waals surface area contributed by atoms with E-state index in [1.54, 1.807) is 18.2 Å². The van der Waals surface area contributed by atoms with Gasteiger partial charge in [0.05, 0.1) is 33.8 Å². The van der Waals surface area contributed by atoms with Gasteiger partial charge in [0.1, 0.15) is 11.4 Å². The summed E-state index contributed by atoms with van der Waals surface area (Å²) in [6, 6.07) is 36.8. The summed E-state index contributed by atoms with van der Waals surface area (Å²) in [6.45, 7) is 13.2. The van der Waals surface area contributed by atoms with Crippen LogP contribution in [0, 0.1) is 11.6 Å². The average Bonchev–Trinajstić information content (AvgIpc) is 3.53. The highest BCUT2D eigenvalue weighted by molar-refractivity contribution is 6.16. The lowest BCUT2D eigenvalue weighted by atomic mass is 9.83. The zero-order valence-electron chi connectivity index (χ0n) is 30.6. The van der Waals surface area contributed by atoms with Gasteiger partial charge in [-0.1, -0.05) is 108 Å². The van der Waals surface area contributed by atoms with Crippen LogP contribution in [0.1, 0.15) is 52.7 Å². The minimum absolute atomic E-state index is 0.0845. The first-order valence-corrected chi connectivity index (χ1v) is 18.0. The smallest absolute Gasteiger partial charge is 0.158 e. The van der Waals surface area contributed by atoms with Gasteiger partial charge in [-0.2, -0.15) is 0 Å². The fourth-order valence-electron chi connectivity index (χ4n) is 7.40. The fraction of sp³-hybridized carbons (Fsp3) is 0.170. The van der Waals surface area contributed by atoms with Crippen LogP contribution < -0.4 is 0 Å². The number of fused-ring (bicyclic) bond motifs is 11. The second kappa shape index (κ2) is 11.8. The Balaban J connectivity index is 1.52. The Bertz CT molecular complexity index is 2570. The molecule has 5 heterocycles. The molecule has 0 spiro atoms. The maximum Gasteiger partial charge on any atom is 0.158 e. The van der Waals surface area contributed by atoms with E-state index in [0.717, 1.165) is 55.2 Å². The van der Waals surface area contributed by atoms with Gasteiger partial charge < -0.3 is 4.98 Å². The van der Waals surface area contributed by atoms with Crippen LogP contribution in [0.3, 0.4) is 0 Å². The van der Waals surface area contributed by atoms with E-state index in [2.05, 4.69) is 70.8 Å². The van der Waals surface area contributed by atoms with Crippen LogP contribution in [0.5, 0.6) is 0 Å². The lowest BCUT2D eigenvalue weighted by molar-refractivity contribution is 0.590.